The number of rotatable bonds is 7. The van der Waals surface area contributed by atoms with Crippen LogP contribution in [0.15, 0.2) is 24.3 Å². The number of ether oxygens (including phenoxy) is 1. The summed E-state index contributed by atoms with van der Waals surface area (Å²) in [7, 11) is 1.57. The number of carboxylic acids is 1. The lowest BCUT2D eigenvalue weighted by atomic mass is 9.89. The summed E-state index contributed by atoms with van der Waals surface area (Å²) in [6.45, 7) is 3.82. The van der Waals surface area contributed by atoms with Gasteiger partial charge in [-0.05, 0) is 44.5 Å². The number of hydrogen-bond acceptors (Lipinski definition) is 4. The van der Waals surface area contributed by atoms with E-state index in [9.17, 15) is 14.4 Å². The van der Waals surface area contributed by atoms with Gasteiger partial charge in [-0.25, -0.2) is 0 Å². The number of carboxylic acid groups (broad SMARTS) is 1. The maximum absolute atomic E-state index is 12.3. The van der Waals surface area contributed by atoms with Gasteiger partial charge in [-0.2, -0.15) is 0 Å². The Bertz CT molecular complexity index is 654. The molecule has 136 valence electrons. The van der Waals surface area contributed by atoms with Crippen LogP contribution in [0.2, 0.25) is 0 Å². The number of benzene rings is 1. The average Bonchev–Trinajstić information content (AvgIpc) is 2.96. The first kappa shape index (κ1) is 18.8. The van der Waals surface area contributed by atoms with Crippen LogP contribution in [0.25, 0.3) is 0 Å². The highest BCUT2D eigenvalue weighted by Gasteiger charge is 2.35. The molecule has 0 saturated carbocycles. The maximum atomic E-state index is 12.3. The second-order valence-electron chi connectivity index (χ2n) is 6.83. The van der Waals surface area contributed by atoms with E-state index in [2.05, 4.69) is 5.32 Å². The number of aliphatic carboxylic acids is 1. The van der Waals surface area contributed by atoms with Crippen molar-refractivity contribution in [3.8, 4) is 5.75 Å². The Hall–Kier alpha value is -2.57. The van der Waals surface area contributed by atoms with Gasteiger partial charge >= 0.3 is 5.97 Å². The predicted octanol–water partition coefficient (Wildman–Crippen LogP) is 1.67. The smallest absolute Gasteiger partial charge is 0.309 e. The lowest BCUT2D eigenvalue weighted by Crippen LogP contribution is -2.36. The van der Waals surface area contributed by atoms with Crippen LogP contribution >= 0.6 is 0 Å². The Labute approximate surface area is 147 Å². The zero-order valence-corrected chi connectivity index (χ0v) is 14.7. The molecule has 0 bridgehead atoms. The van der Waals surface area contributed by atoms with Crippen molar-refractivity contribution < 1.29 is 24.2 Å². The molecular weight excluding hydrogens is 324 g/mol. The highest BCUT2D eigenvalue weighted by molar-refractivity contribution is 6.00. The summed E-state index contributed by atoms with van der Waals surface area (Å²) in [5.74, 6) is -0.946. The molecule has 1 fully saturated rings. The second-order valence-corrected chi connectivity index (χ2v) is 6.83. The van der Waals surface area contributed by atoms with E-state index in [0.717, 1.165) is 5.69 Å². The minimum absolute atomic E-state index is 0.101. The zero-order chi connectivity index (χ0) is 18.6. The van der Waals surface area contributed by atoms with Crippen molar-refractivity contribution in [3.63, 3.8) is 0 Å². The molecular formula is C18H24N2O5. The summed E-state index contributed by atoms with van der Waals surface area (Å²) in [5.41, 5.74) is -0.165. The third kappa shape index (κ3) is 4.49. The summed E-state index contributed by atoms with van der Waals surface area (Å²) in [6.07, 6.45) is 0.483. The monoisotopic (exact) mass is 348 g/mol. The molecule has 0 spiro atoms. The standard InChI is InChI=1S/C18H24N2O5/c1-18(2,17(23)24)8-9-19-16(22)12-10-15(21)20(11-12)13-4-6-14(25-3)7-5-13/h4-7,12H,8-11H2,1-3H3,(H,19,22)(H,23,24). The van der Waals surface area contributed by atoms with Crippen molar-refractivity contribution in [2.24, 2.45) is 11.3 Å². The first-order valence-electron chi connectivity index (χ1n) is 8.20. The van der Waals surface area contributed by atoms with Crippen LogP contribution in [0.4, 0.5) is 5.69 Å². The van der Waals surface area contributed by atoms with Crippen LogP contribution in [0.3, 0.4) is 0 Å². The molecule has 1 saturated heterocycles. The minimum atomic E-state index is -0.900. The van der Waals surface area contributed by atoms with Gasteiger partial charge in [0, 0.05) is 25.2 Å². The van der Waals surface area contributed by atoms with Crippen LogP contribution < -0.4 is 15.0 Å². The van der Waals surface area contributed by atoms with Crippen molar-refractivity contribution in [2.75, 3.05) is 25.1 Å². The van der Waals surface area contributed by atoms with E-state index in [0.29, 0.717) is 18.7 Å². The van der Waals surface area contributed by atoms with Gasteiger partial charge in [0.25, 0.3) is 0 Å². The summed E-state index contributed by atoms with van der Waals surface area (Å²) in [5, 5.41) is 11.8. The SMILES string of the molecule is COc1ccc(N2CC(C(=O)NCCC(C)(C)C(=O)O)CC2=O)cc1. The number of anilines is 1. The van der Waals surface area contributed by atoms with Gasteiger partial charge in [0.05, 0.1) is 18.4 Å². The van der Waals surface area contributed by atoms with E-state index in [1.807, 2.05) is 0 Å². The topological polar surface area (TPSA) is 95.9 Å². The molecule has 2 amide bonds. The third-order valence-corrected chi connectivity index (χ3v) is 4.51. The predicted molar refractivity (Wildman–Crippen MR) is 92.5 cm³/mol. The molecule has 0 aromatic heterocycles. The van der Waals surface area contributed by atoms with Crippen LogP contribution in [0.1, 0.15) is 26.7 Å². The molecule has 2 rings (SSSR count). The van der Waals surface area contributed by atoms with Gasteiger partial charge in [-0.1, -0.05) is 0 Å². The number of hydrogen-bond donors (Lipinski definition) is 2. The molecule has 1 atom stereocenters. The van der Waals surface area contributed by atoms with Crippen LogP contribution in [-0.4, -0.2) is 43.1 Å². The molecule has 0 aliphatic carbocycles. The lowest BCUT2D eigenvalue weighted by Gasteiger charge is -2.20. The molecule has 7 heteroatoms. The molecule has 1 aliphatic rings. The average molecular weight is 348 g/mol. The summed E-state index contributed by atoms with van der Waals surface area (Å²) in [4.78, 5) is 37.1. The van der Waals surface area contributed by atoms with Crippen LogP contribution in [0, 0.1) is 11.3 Å². The number of carbonyl (C=O) groups is 3. The molecule has 1 aromatic rings. The fraction of sp³-hybridized carbons (Fsp3) is 0.500. The number of amides is 2. The summed E-state index contributed by atoms with van der Waals surface area (Å²) in [6, 6.07) is 7.10. The number of nitrogens with zero attached hydrogens (tertiary/aromatic N) is 1. The van der Waals surface area contributed by atoms with E-state index in [1.165, 1.54) is 0 Å². The molecule has 2 N–H and O–H groups in total. The fourth-order valence-electron chi connectivity index (χ4n) is 2.64. The van der Waals surface area contributed by atoms with Crippen molar-refractivity contribution >= 4 is 23.5 Å². The lowest BCUT2D eigenvalue weighted by molar-refractivity contribution is -0.147. The van der Waals surface area contributed by atoms with Crippen molar-refractivity contribution in [3.05, 3.63) is 24.3 Å². The van der Waals surface area contributed by atoms with Crippen LogP contribution in [0.5, 0.6) is 5.75 Å². The normalized spacial score (nSPS) is 17.5. The molecule has 1 unspecified atom stereocenters. The third-order valence-electron chi connectivity index (χ3n) is 4.51. The van der Waals surface area contributed by atoms with E-state index < -0.39 is 17.3 Å². The van der Waals surface area contributed by atoms with Crippen molar-refractivity contribution in [1.29, 1.82) is 0 Å². The number of methoxy groups -OCH3 is 1. The van der Waals surface area contributed by atoms with Crippen molar-refractivity contribution in [1.82, 2.24) is 5.32 Å². The molecule has 25 heavy (non-hydrogen) atoms. The largest absolute Gasteiger partial charge is 0.497 e. The van der Waals surface area contributed by atoms with E-state index >= 15 is 0 Å². The summed E-state index contributed by atoms with van der Waals surface area (Å²) < 4.78 is 5.10. The Morgan fingerprint density at radius 1 is 1.32 bits per heavy atom. The van der Waals surface area contributed by atoms with E-state index in [1.54, 1.807) is 50.1 Å². The number of nitrogens with one attached hydrogen (secondary N) is 1. The summed E-state index contributed by atoms with van der Waals surface area (Å²) >= 11 is 0. The molecule has 7 nitrogen and oxygen atoms in total. The van der Waals surface area contributed by atoms with Crippen LogP contribution in [-0.2, 0) is 14.4 Å². The van der Waals surface area contributed by atoms with Gasteiger partial charge < -0.3 is 20.1 Å². The highest BCUT2D eigenvalue weighted by Crippen LogP contribution is 2.27. The molecule has 0 radical (unpaired) electrons. The first-order valence-corrected chi connectivity index (χ1v) is 8.20. The first-order chi connectivity index (χ1) is 11.7. The van der Waals surface area contributed by atoms with E-state index in [4.69, 9.17) is 9.84 Å². The van der Waals surface area contributed by atoms with Crippen molar-refractivity contribution in [2.45, 2.75) is 26.7 Å². The van der Waals surface area contributed by atoms with E-state index in [-0.39, 0.29) is 24.8 Å². The van der Waals surface area contributed by atoms with Gasteiger partial charge in [0.1, 0.15) is 5.75 Å². The number of carbonyl (C=O) groups excluding carboxylic acids is 2. The van der Waals surface area contributed by atoms with Gasteiger partial charge in [0.15, 0.2) is 0 Å². The Morgan fingerprint density at radius 2 is 1.96 bits per heavy atom. The Morgan fingerprint density at radius 3 is 2.52 bits per heavy atom. The molecule has 1 aromatic carbocycles. The van der Waals surface area contributed by atoms with Gasteiger partial charge in [-0.3, -0.25) is 14.4 Å². The highest BCUT2D eigenvalue weighted by atomic mass is 16.5. The molecule has 1 aliphatic heterocycles. The Balaban J connectivity index is 1.90. The minimum Gasteiger partial charge on any atom is -0.497 e. The maximum Gasteiger partial charge on any atom is 0.309 e. The molecule has 1 heterocycles. The Kier molecular flexibility index (Phi) is 5.66. The quantitative estimate of drug-likeness (QED) is 0.781. The second kappa shape index (κ2) is 7.55. The van der Waals surface area contributed by atoms with Gasteiger partial charge in [0.2, 0.25) is 11.8 Å². The van der Waals surface area contributed by atoms with Gasteiger partial charge in [-0.15, -0.1) is 0 Å². The zero-order valence-electron chi connectivity index (χ0n) is 14.7. The fourth-order valence-corrected chi connectivity index (χ4v) is 2.64.